The maximum Gasteiger partial charge on any atom is 0.293 e. The molecule has 1 aliphatic heterocycles. The van der Waals surface area contributed by atoms with E-state index in [0.717, 1.165) is 11.6 Å². The molecular formula is C16H15ClN2O5S. The van der Waals surface area contributed by atoms with Gasteiger partial charge in [0.15, 0.2) is 4.90 Å². The SMILES string of the molecule is COc1ccc(S(=O)(=O)N2CCCc3cc(Cl)ccc32)c([N+](=O)[O-])c1. The zero-order valence-electron chi connectivity index (χ0n) is 13.3. The topological polar surface area (TPSA) is 89.8 Å². The number of fused-ring (bicyclic) bond motifs is 1. The third-order valence-electron chi connectivity index (χ3n) is 4.05. The van der Waals surface area contributed by atoms with Gasteiger partial charge < -0.3 is 4.74 Å². The molecule has 3 rings (SSSR count). The van der Waals surface area contributed by atoms with Crippen molar-refractivity contribution in [3.63, 3.8) is 0 Å². The van der Waals surface area contributed by atoms with E-state index in [9.17, 15) is 18.5 Å². The van der Waals surface area contributed by atoms with Gasteiger partial charge in [0.2, 0.25) is 0 Å². The average Bonchev–Trinajstić information content (AvgIpc) is 2.60. The molecule has 0 aliphatic carbocycles. The van der Waals surface area contributed by atoms with Crippen molar-refractivity contribution >= 4 is 33.0 Å². The maximum absolute atomic E-state index is 13.1. The Bertz CT molecular complexity index is 946. The summed E-state index contributed by atoms with van der Waals surface area (Å²) in [6.45, 7) is 0.250. The van der Waals surface area contributed by atoms with Gasteiger partial charge >= 0.3 is 0 Å². The minimum atomic E-state index is -4.10. The number of nitrogens with zero attached hydrogens (tertiary/aromatic N) is 2. The van der Waals surface area contributed by atoms with Crippen LogP contribution in [-0.4, -0.2) is 27.0 Å². The van der Waals surface area contributed by atoms with E-state index in [1.807, 2.05) is 0 Å². The number of rotatable bonds is 4. The Labute approximate surface area is 150 Å². The van der Waals surface area contributed by atoms with Crippen LogP contribution >= 0.6 is 11.6 Å². The zero-order chi connectivity index (χ0) is 18.2. The Morgan fingerprint density at radius 1 is 1.24 bits per heavy atom. The summed E-state index contributed by atoms with van der Waals surface area (Å²) in [4.78, 5) is 10.3. The monoisotopic (exact) mass is 382 g/mol. The highest BCUT2D eigenvalue weighted by atomic mass is 35.5. The lowest BCUT2D eigenvalue weighted by molar-refractivity contribution is -0.387. The molecule has 0 amide bonds. The first-order valence-electron chi connectivity index (χ1n) is 7.48. The van der Waals surface area contributed by atoms with Crippen molar-refractivity contribution in [3.05, 3.63) is 57.1 Å². The predicted molar refractivity (Wildman–Crippen MR) is 94.0 cm³/mol. The van der Waals surface area contributed by atoms with Crippen molar-refractivity contribution in [2.24, 2.45) is 0 Å². The zero-order valence-corrected chi connectivity index (χ0v) is 14.9. The number of methoxy groups -OCH3 is 1. The maximum atomic E-state index is 13.1. The molecule has 1 heterocycles. The van der Waals surface area contributed by atoms with Gasteiger partial charge in [-0.3, -0.25) is 14.4 Å². The van der Waals surface area contributed by atoms with Gasteiger partial charge in [0.25, 0.3) is 15.7 Å². The normalized spacial score (nSPS) is 14.1. The molecule has 0 bridgehead atoms. The summed E-state index contributed by atoms with van der Waals surface area (Å²) in [7, 11) is -2.74. The summed E-state index contributed by atoms with van der Waals surface area (Å²) in [5, 5.41) is 11.9. The number of aryl methyl sites for hydroxylation is 1. The lowest BCUT2D eigenvalue weighted by Crippen LogP contribution is -2.35. The molecule has 0 unspecified atom stereocenters. The van der Waals surface area contributed by atoms with Crippen molar-refractivity contribution in [2.45, 2.75) is 17.7 Å². The highest BCUT2D eigenvalue weighted by Gasteiger charge is 2.34. The molecule has 7 nitrogen and oxygen atoms in total. The van der Waals surface area contributed by atoms with Gasteiger partial charge in [0, 0.05) is 11.6 Å². The first-order valence-corrected chi connectivity index (χ1v) is 9.30. The fraction of sp³-hybridized carbons (Fsp3) is 0.250. The molecule has 132 valence electrons. The molecule has 2 aromatic carbocycles. The first kappa shape index (κ1) is 17.5. The van der Waals surface area contributed by atoms with Crippen LogP contribution in [0.4, 0.5) is 11.4 Å². The van der Waals surface area contributed by atoms with Crippen molar-refractivity contribution in [1.82, 2.24) is 0 Å². The second-order valence-corrected chi connectivity index (χ2v) is 7.81. The predicted octanol–water partition coefficient (Wildman–Crippen LogP) is 3.40. The highest BCUT2D eigenvalue weighted by molar-refractivity contribution is 7.93. The third-order valence-corrected chi connectivity index (χ3v) is 6.14. The van der Waals surface area contributed by atoms with Crippen molar-refractivity contribution < 1.29 is 18.1 Å². The summed E-state index contributed by atoms with van der Waals surface area (Å²) in [5.74, 6) is 0.219. The Morgan fingerprint density at radius 2 is 2.00 bits per heavy atom. The molecule has 0 atom stereocenters. The van der Waals surface area contributed by atoms with Gasteiger partial charge in [-0.15, -0.1) is 0 Å². The number of hydrogen-bond acceptors (Lipinski definition) is 5. The van der Waals surface area contributed by atoms with E-state index in [2.05, 4.69) is 0 Å². The summed E-state index contributed by atoms with van der Waals surface area (Å²) in [5.41, 5.74) is 0.791. The van der Waals surface area contributed by atoms with Crippen molar-refractivity contribution in [2.75, 3.05) is 18.0 Å². The van der Waals surface area contributed by atoms with Gasteiger partial charge in [-0.2, -0.15) is 0 Å². The lowest BCUT2D eigenvalue weighted by Gasteiger charge is -2.30. The number of nitro groups is 1. The van der Waals surface area contributed by atoms with E-state index in [1.165, 1.54) is 23.5 Å². The molecule has 0 saturated carbocycles. The number of anilines is 1. The molecule has 0 spiro atoms. The largest absolute Gasteiger partial charge is 0.497 e. The van der Waals surface area contributed by atoms with E-state index >= 15 is 0 Å². The number of nitro benzene ring substituents is 1. The third kappa shape index (κ3) is 3.14. The average molecular weight is 383 g/mol. The van der Waals surface area contributed by atoms with Crippen molar-refractivity contribution in [3.8, 4) is 5.75 Å². The molecule has 0 aromatic heterocycles. The quantitative estimate of drug-likeness (QED) is 0.597. The molecule has 1 aliphatic rings. The van der Waals surface area contributed by atoms with Crippen LogP contribution in [0, 0.1) is 10.1 Å². The number of sulfonamides is 1. The van der Waals surface area contributed by atoms with E-state index in [1.54, 1.807) is 18.2 Å². The van der Waals surface area contributed by atoms with Crippen LogP contribution in [0.1, 0.15) is 12.0 Å². The Kier molecular flexibility index (Phi) is 4.57. The molecule has 9 heteroatoms. The smallest absolute Gasteiger partial charge is 0.293 e. The summed E-state index contributed by atoms with van der Waals surface area (Å²) in [6.07, 6.45) is 1.31. The molecule has 0 radical (unpaired) electrons. The molecule has 25 heavy (non-hydrogen) atoms. The number of benzene rings is 2. The van der Waals surface area contributed by atoms with Crippen LogP contribution in [0.3, 0.4) is 0 Å². The minimum absolute atomic E-state index is 0.219. The van der Waals surface area contributed by atoms with Crippen LogP contribution in [-0.2, 0) is 16.4 Å². The molecule has 0 N–H and O–H groups in total. The van der Waals surface area contributed by atoms with Gasteiger partial charge in [-0.05, 0) is 48.7 Å². The fourth-order valence-corrected chi connectivity index (χ4v) is 4.76. The number of halogens is 1. The van der Waals surface area contributed by atoms with Crippen LogP contribution < -0.4 is 9.04 Å². The summed E-state index contributed by atoms with van der Waals surface area (Å²) in [6, 6.07) is 8.67. The van der Waals surface area contributed by atoms with Crippen molar-refractivity contribution in [1.29, 1.82) is 0 Å². The van der Waals surface area contributed by atoms with E-state index < -0.39 is 20.6 Å². The minimum Gasteiger partial charge on any atom is -0.497 e. The van der Waals surface area contributed by atoms with Gasteiger partial charge in [0.1, 0.15) is 5.75 Å². The summed E-state index contributed by atoms with van der Waals surface area (Å²) < 4.78 is 32.4. The Hall–Kier alpha value is -2.32. The van der Waals surface area contributed by atoms with E-state index in [4.69, 9.17) is 16.3 Å². The fourth-order valence-electron chi connectivity index (χ4n) is 2.88. The van der Waals surface area contributed by atoms with Crippen LogP contribution in [0.25, 0.3) is 0 Å². The van der Waals surface area contributed by atoms with Gasteiger partial charge in [-0.1, -0.05) is 11.6 Å². The summed E-state index contributed by atoms with van der Waals surface area (Å²) >= 11 is 5.98. The second-order valence-electron chi connectivity index (χ2n) is 5.54. The van der Waals surface area contributed by atoms with Crippen LogP contribution in [0.2, 0.25) is 5.02 Å². The molecule has 2 aromatic rings. The lowest BCUT2D eigenvalue weighted by atomic mass is 10.0. The van der Waals surface area contributed by atoms with E-state index in [0.29, 0.717) is 23.6 Å². The Morgan fingerprint density at radius 3 is 2.68 bits per heavy atom. The number of hydrogen-bond donors (Lipinski definition) is 0. The van der Waals surface area contributed by atoms with Gasteiger partial charge in [-0.25, -0.2) is 8.42 Å². The molecular weight excluding hydrogens is 368 g/mol. The van der Waals surface area contributed by atoms with Crippen LogP contribution in [0.5, 0.6) is 5.75 Å². The standard InChI is InChI=1S/C16H15ClN2O5S/c1-24-13-5-7-16(15(10-13)19(20)21)25(22,23)18-8-2-3-11-9-12(17)4-6-14(11)18/h4-7,9-10H,2-3,8H2,1H3. The first-order chi connectivity index (χ1) is 11.8. The number of ether oxygens (including phenoxy) is 1. The molecule has 0 saturated heterocycles. The Balaban J connectivity index is 2.14. The van der Waals surface area contributed by atoms with E-state index in [-0.39, 0.29) is 17.2 Å². The molecule has 0 fully saturated rings. The van der Waals surface area contributed by atoms with Gasteiger partial charge in [0.05, 0.1) is 23.8 Å². The van der Waals surface area contributed by atoms with Crippen LogP contribution in [0.15, 0.2) is 41.3 Å². The highest BCUT2D eigenvalue weighted by Crippen LogP contribution is 2.37. The second kappa shape index (κ2) is 6.53.